The van der Waals surface area contributed by atoms with E-state index in [0.717, 1.165) is 0 Å². The Hall–Kier alpha value is -2.64. The molecule has 20 heavy (non-hydrogen) atoms. The number of nitrogens with zero attached hydrogens (tertiary/aromatic N) is 1. The predicted octanol–water partition coefficient (Wildman–Crippen LogP) is -1.44. The molecule has 108 valence electrons. The van der Waals surface area contributed by atoms with Gasteiger partial charge in [0.1, 0.15) is 6.54 Å². The highest BCUT2D eigenvalue weighted by Crippen LogP contribution is 1.87. The summed E-state index contributed by atoms with van der Waals surface area (Å²) in [5.41, 5.74) is -0.209. The number of hydrogen-bond donors (Lipinski definition) is 3. The SMILES string of the molecule is O=C(O)CNC(=O)CNC(=O)CCn1ccccc1=O. The molecule has 1 aromatic heterocycles. The Labute approximate surface area is 114 Å². The highest BCUT2D eigenvalue weighted by Gasteiger charge is 2.07. The van der Waals surface area contributed by atoms with Gasteiger partial charge in [0.2, 0.25) is 11.8 Å². The molecule has 3 N–H and O–H groups in total. The molecule has 0 bridgehead atoms. The van der Waals surface area contributed by atoms with E-state index in [-0.39, 0.29) is 25.1 Å². The van der Waals surface area contributed by atoms with E-state index in [4.69, 9.17) is 5.11 Å². The van der Waals surface area contributed by atoms with Crippen molar-refractivity contribution in [1.29, 1.82) is 0 Å². The first-order chi connectivity index (χ1) is 9.49. The number of aryl methyl sites for hydroxylation is 1. The molecule has 0 atom stereocenters. The first-order valence-electron chi connectivity index (χ1n) is 5.89. The summed E-state index contributed by atoms with van der Waals surface area (Å²) in [5.74, 6) is -2.14. The van der Waals surface area contributed by atoms with Crippen molar-refractivity contribution in [3.8, 4) is 0 Å². The van der Waals surface area contributed by atoms with Crippen LogP contribution in [-0.4, -0.2) is 40.5 Å². The fraction of sp³-hybridized carbons (Fsp3) is 0.333. The zero-order valence-electron chi connectivity index (χ0n) is 10.7. The molecule has 1 aromatic rings. The number of carbonyl (C=O) groups excluding carboxylic acids is 2. The van der Waals surface area contributed by atoms with Crippen LogP contribution in [0, 0.1) is 0 Å². The lowest BCUT2D eigenvalue weighted by Crippen LogP contribution is -2.39. The van der Waals surface area contributed by atoms with E-state index in [1.165, 1.54) is 10.6 Å². The van der Waals surface area contributed by atoms with Crippen LogP contribution in [0.5, 0.6) is 0 Å². The van der Waals surface area contributed by atoms with Crippen LogP contribution in [0.25, 0.3) is 0 Å². The largest absolute Gasteiger partial charge is 0.480 e. The zero-order valence-corrected chi connectivity index (χ0v) is 10.7. The van der Waals surface area contributed by atoms with Crippen molar-refractivity contribution < 1.29 is 19.5 Å². The first kappa shape index (κ1) is 15.4. The van der Waals surface area contributed by atoms with Gasteiger partial charge in [-0.1, -0.05) is 6.07 Å². The van der Waals surface area contributed by atoms with Crippen LogP contribution >= 0.6 is 0 Å². The molecule has 0 aromatic carbocycles. The Morgan fingerprint density at radius 2 is 1.80 bits per heavy atom. The third kappa shape index (κ3) is 5.80. The molecule has 0 saturated heterocycles. The van der Waals surface area contributed by atoms with Gasteiger partial charge in [0.05, 0.1) is 6.54 Å². The lowest BCUT2D eigenvalue weighted by molar-refractivity contribution is -0.137. The molecule has 0 radical (unpaired) electrons. The fourth-order valence-electron chi connectivity index (χ4n) is 1.37. The molecule has 1 heterocycles. The Balaban J connectivity index is 2.27. The topological polar surface area (TPSA) is 118 Å². The number of carbonyl (C=O) groups is 3. The van der Waals surface area contributed by atoms with Crippen LogP contribution in [0.1, 0.15) is 6.42 Å². The van der Waals surface area contributed by atoms with Crippen LogP contribution in [0.4, 0.5) is 0 Å². The maximum Gasteiger partial charge on any atom is 0.322 e. The minimum absolute atomic E-state index is 0.0517. The molecular weight excluding hydrogens is 266 g/mol. The van der Waals surface area contributed by atoms with E-state index in [1.807, 2.05) is 0 Å². The number of carboxylic acids is 1. The molecule has 0 aliphatic rings. The monoisotopic (exact) mass is 281 g/mol. The quantitative estimate of drug-likeness (QED) is 0.565. The predicted molar refractivity (Wildman–Crippen MR) is 69.0 cm³/mol. The van der Waals surface area contributed by atoms with Crippen molar-refractivity contribution >= 4 is 17.8 Å². The van der Waals surface area contributed by atoms with Gasteiger partial charge in [0.25, 0.3) is 5.56 Å². The van der Waals surface area contributed by atoms with Crippen molar-refractivity contribution in [2.24, 2.45) is 0 Å². The summed E-state index contributed by atoms with van der Waals surface area (Å²) in [4.78, 5) is 44.1. The average Bonchev–Trinajstić information content (AvgIpc) is 2.42. The summed E-state index contributed by atoms with van der Waals surface area (Å²) in [6.07, 6.45) is 1.62. The van der Waals surface area contributed by atoms with Gasteiger partial charge < -0.3 is 20.3 Å². The lowest BCUT2D eigenvalue weighted by Gasteiger charge is -2.06. The van der Waals surface area contributed by atoms with Gasteiger partial charge in [-0.25, -0.2) is 0 Å². The maximum atomic E-state index is 11.4. The minimum Gasteiger partial charge on any atom is -0.480 e. The van der Waals surface area contributed by atoms with E-state index >= 15 is 0 Å². The molecule has 0 aliphatic heterocycles. The number of carboxylic acid groups (broad SMARTS) is 1. The normalized spacial score (nSPS) is 9.80. The average molecular weight is 281 g/mol. The number of hydrogen-bond acceptors (Lipinski definition) is 4. The summed E-state index contributed by atoms with van der Waals surface area (Å²) >= 11 is 0. The number of rotatable bonds is 7. The molecule has 0 aliphatic carbocycles. The number of amides is 2. The Morgan fingerprint density at radius 3 is 2.45 bits per heavy atom. The van der Waals surface area contributed by atoms with Crippen LogP contribution in [-0.2, 0) is 20.9 Å². The molecule has 1 rings (SSSR count). The van der Waals surface area contributed by atoms with Crippen LogP contribution in [0.3, 0.4) is 0 Å². The summed E-state index contributed by atoms with van der Waals surface area (Å²) in [5, 5.41) is 12.8. The second kappa shape index (κ2) is 7.72. The molecule has 8 heteroatoms. The first-order valence-corrected chi connectivity index (χ1v) is 5.89. The smallest absolute Gasteiger partial charge is 0.322 e. The Morgan fingerprint density at radius 1 is 1.10 bits per heavy atom. The molecule has 0 fully saturated rings. The van der Waals surface area contributed by atoms with Crippen LogP contribution < -0.4 is 16.2 Å². The van der Waals surface area contributed by atoms with Gasteiger partial charge in [0.15, 0.2) is 0 Å². The van der Waals surface area contributed by atoms with Crippen LogP contribution in [0.15, 0.2) is 29.2 Å². The second-order valence-corrected chi connectivity index (χ2v) is 3.93. The third-order valence-electron chi connectivity index (χ3n) is 2.36. The van der Waals surface area contributed by atoms with Gasteiger partial charge in [-0.15, -0.1) is 0 Å². The van der Waals surface area contributed by atoms with Crippen molar-refractivity contribution in [3.05, 3.63) is 34.7 Å². The summed E-state index contributed by atoms with van der Waals surface area (Å²) in [6, 6.07) is 4.67. The van der Waals surface area contributed by atoms with Crippen molar-refractivity contribution in [3.63, 3.8) is 0 Å². The highest BCUT2D eigenvalue weighted by atomic mass is 16.4. The van der Waals surface area contributed by atoms with Gasteiger partial charge in [0, 0.05) is 25.2 Å². The molecule has 2 amide bonds. The summed E-state index contributed by atoms with van der Waals surface area (Å²) < 4.78 is 1.38. The van der Waals surface area contributed by atoms with E-state index in [0.29, 0.717) is 0 Å². The number of aliphatic carboxylic acids is 1. The second-order valence-electron chi connectivity index (χ2n) is 3.93. The van der Waals surface area contributed by atoms with E-state index < -0.39 is 24.3 Å². The summed E-state index contributed by atoms with van der Waals surface area (Å²) in [7, 11) is 0. The van der Waals surface area contributed by atoms with Gasteiger partial charge in [-0.2, -0.15) is 0 Å². The third-order valence-corrected chi connectivity index (χ3v) is 2.36. The maximum absolute atomic E-state index is 11.4. The van der Waals surface area contributed by atoms with Crippen molar-refractivity contribution in [2.75, 3.05) is 13.1 Å². The Kier molecular flexibility index (Phi) is 5.95. The Bertz CT molecular complexity index is 552. The molecular formula is C12H15N3O5. The number of nitrogens with one attached hydrogen (secondary N) is 2. The molecule has 0 spiro atoms. The van der Waals surface area contributed by atoms with Crippen molar-refractivity contribution in [2.45, 2.75) is 13.0 Å². The number of pyridine rings is 1. The minimum atomic E-state index is -1.16. The van der Waals surface area contributed by atoms with E-state index in [1.54, 1.807) is 18.3 Å². The van der Waals surface area contributed by atoms with Gasteiger partial charge in [-0.3, -0.25) is 19.2 Å². The zero-order chi connectivity index (χ0) is 15.0. The fourth-order valence-corrected chi connectivity index (χ4v) is 1.37. The number of aromatic nitrogens is 1. The molecule has 8 nitrogen and oxygen atoms in total. The van der Waals surface area contributed by atoms with Gasteiger partial charge >= 0.3 is 5.97 Å². The van der Waals surface area contributed by atoms with Gasteiger partial charge in [-0.05, 0) is 6.07 Å². The van der Waals surface area contributed by atoms with E-state index in [9.17, 15) is 19.2 Å². The lowest BCUT2D eigenvalue weighted by atomic mass is 10.3. The summed E-state index contributed by atoms with van der Waals surface area (Å²) in [6.45, 7) is -0.577. The molecule has 0 saturated carbocycles. The molecule has 0 unspecified atom stereocenters. The van der Waals surface area contributed by atoms with E-state index in [2.05, 4.69) is 10.6 Å². The van der Waals surface area contributed by atoms with Crippen molar-refractivity contribution in [1.82, 2.24) is 15.2 Å². The van der Waals surface area contributed by atoms with Crippen LogP contribution in [0.2, 0.25) is 0 Å². The standard InChI is InChI=1S/C12H15N3O5/c16-9(13-7-10(17)14-8-12(19)20)4-6-15-5-2-1-3-11(15)18/h1-3,5H,4,6-8H2,(H,13,16)(H,14,17)(H,19,20). The highest BCUT2D eigenvalue weighted by molar-refractivity contribution is 5.86.